The van der Waals surface area contributed by atoms with E-state index in [9.17, 15) is 0 Å². The molecule has 0 spiro atoms. The molecule has 0 aliphatic carbocycles. The van der Waals surface area contributed by atoms with E-state index in [0.29, 0.717) is 0 Å². The van der Waals surface area contributed by atoms with Crippen molar-refractivity contribution >= 4 is 0 Å². The zero-order valence-electron chi connectivity index (χ0n) is 8.15. The fraction of sp³-hybridized carbons (Fsp3) is 0.273. The first-order chi connectivity index (χ1) is 5.57. The third-order valence-electron chi connectivity index (χ3n) is 1.30. The SMILES string of the molecule is C=CN/C(=C/C=C(C)C)C(=C)C. The number of nitrogens with one attached hydrogen (secondary N) is 1. The lowest BCUT2D eigenvalue weighted by Crippen LogP contribution is -2.04. The molecule has 0 saturated carbocycles. The van der Waals surface area contributed by atoms with Crippen LogP contribution in [0.2, 0.25) is 0 Å². The topological polar surface area (TPSA) is 12.0 Å². The van der Waals surface area contributed by atoms with E-state index in [4.69, 9.17) is 0 Å². The third-order valence-corrected chi connectivity index (χ3v) is 1.30. The van der Waals surface area contributed by atoms with Crippen LogP contribution in [-0.4, -0.2) is 0 Å². The van der Waals surface area contributed by atoms with Gasteiger partial charge in [-0.25, -0.2) is 0 Å². The molecular formula is C11H17N. The normalized spacial score (nSPS) is 10.4. The van der Waals surface area contributed by atoms with Crippen molar-refractivity contribution in [2.24, 2.45) is 0 Å². The molecule has 0 bridgehead atoms. The van der Waals surface area contributed by atoms with Crippen LogP contribution in [0.3, 0.4) is 0 Å². The van der Waals surface area contributed by atoms with Gasteiger partial charge in [0.05, 0.1) is 0 Å². The first-order valence-corrected chi connectivity index (χ1v) is 3.96. The summed E-state index contributed by atoms with van der Waals surface area (Å²) in [7, 11) is 0. The van der Waals surface area contributed by atoms with E-state index in [2.05, 4.69) is 32.3 Å². The molecular weight excluding hydrogens is 146 g/mol. The fourth-order valence-corrected chi connectivity index (χ4v) is 0.674. The van der Waals surface area contributed by atoms with Crippen LogP contribution in [0.25, 0.3) is 0 Å². The van der Waals surface area contributed by atoms with Gasteiger partial charge in [-0.1, -0.05) is 24.8 Å². The van der Waals surface area contributed by atoms with Gasteiger partial charge in [0.15, 0.2) is 0 Å². The van der Waals surface area contributed by atoms with Crippen LogP contribution in [0.4, 0.5) is 0 Å². The van der Waals surface area contributed by atoms with Gasteiger partial charge in [-0.15, -0.1) is 0 Å². The number of hydrogen-bond donors (Lipinski definition) is 1. The first kappa shape index (κ1) is 10.8. The molecule has 1 N–H and O–H groups in total. The minimum absolute atomic E-state index is 1.01. The molecule has 0 unspecified atom stereocenters. The van der Waals surface area contributed by atoms with Crippen LogP contribution >= 0.6 is 0 Å². The van der Waals surface area contributed by atoms with E-state index in [0.717, 1.165) is 11.3 Å². The van der Waals surface area contributed by atoms with Crippen molar-refractivity contribution in [1.82, 2.24) is 5.32 Å². The fourth-order valence-electron chi connectivity index (χ4n) is 0.674. The Morgan fingerprint density at radius 1 is 1.17 bits per heavy atom. The Morgan fingerprint density at radius 3 is 2.08 bits per heavy atom. The molecule has 0 aliphatic rings. The maximum absolute atomic E-state index is 3.84. The molecule has 0 radical (unpaired) electrons. The maximum Gasteiger partial charge on any atom is 0.0403 e. The van der Waals surface area contributed by atoms with Crippen molar-refractivity contribution in [1.29, 1.82) is 0 Å². The lowest BCUT2D eigenvalue weighted by atomic mass is 10.2. The van der Waals surface area contributed by atoms with Gasteiger partial charge in [-0.2, -0.15) is 0 Å². The Kier molecular flexibility index (Phi) is 4.86. The molecule has 0 atom stereocenters. The zero-order chi connectivity index (χ0) is 9.56. The molecule has 0 aromatic heterocycles. The van der Waals surface area contributed by atoms with E-state index >= 15 is 0 Å². The Balaban J connectivity index is 4.49. The molecule has 1 nitrogen and oxygen atoms in total. The molecule has 12 heavy (non-hydrogen) atoms. The summed E-state index contributed by atoms with van der Waals surface area (Å²) >= 11 is 0. The second-order valence-corrected chi connectivity index (χ2v) is 2.95. The summed E-state index contributed by atoms with van der Waals surface area (Å²) < 4.78 is 0. The summed E-state index contributed by atoms with van der Waals surface area (Å²) in [6.07, 6.45) is 5.69. The molecule has 0 rings (SSSR count). The average molecular weight is 163 g/mol. The highest BCUT2D eigenvalue weighted by atomic mass is 14.8. The van der Waals surface area contributed by atoms with Crippen molar-refractivity contribution in [3.63, 3.8) is 0 Å². The van der Waals surface area contributed by atoms with E-state index < -0.39 is 0 Å². The van der Waals surface area contributed by atoms with E-state index in [1.54, 1.807) is 6.20 Å². The standard InChI is InChI=1S/C11H17N/c1-6-12-11(10(4)5)8-7-9(2)3/h6-8,12H,1,4H2,2-3,5H3/b11-8+. The van der Waals surface area contributed by atoms with E-state index in [1.807, 2.05) is 19.1 Å². The summed E-state index contributed by atoms with van der Waals surface area (Å²) in [5, 5.41) is 3.02. The van der Waals surface area contributed by atoms with Gasteiger partial charge < -0.3 is 5.32 Å². The summed E-state index contributed by atoms with van der Waals surface area (Å²) in [5.74, 6) is 0. The van der Waals surface area contributed by atoms with Crippen LogP contribution in [0.1, 0.15) is 20.8 Å². The van der Waals surface area contributed by atoms with Crippen LogP contribution in [0, 0.1) is 0 Å². The number of hydrogen-bond acceptors (Lipinski definition) is 1. The van der Waals surface area contributed by atoms with Gasteiger partial charge in [-0.3, -0.25) is 0 Å². The molecule has 0 aliphatic heterocycles. The average Bonchev–Trinajstić information content (AvgIpc) is 1.96. The lowest BCUT2D eigenvalue weighted by molar-refractivity contribution is 1.07. The van der Waals surface area contributed by atoms with E-state index in [-0.39, 0.29) is 0 Å². The van der Waals surface area contributed by atoms with Gasteiger partial charge in [0.2, 0.25) is 0 Å². The Bertz CT molecular complexity index is 227. The van der Waals surface area contributed by atoms with Crippen molar-refractivity contribution in [2.45, 2.75) is 20.8 Å². The monoisotopic (exact) mass is 163 g/mol. The molecule has 0 saturated heterocycles. The quantitative estimate of drug-likeness (QED) is 0.628. The first-order valence-electron chi connectivity index (χ1n) is 3.96. The summed E-state index contributed by atoms with van der Waals surface area (Å²) in [6, 6.07) is 0. The Hall–Kier alpha value is -1.24. The van der Waals surface area contributed by atoms with Gasteiger partial charge in [0, 0.05) is 5.70 Å². The molecule has 0 fully saturated rings. The minimum atomic E-state index is 1.01. The largest absolute Gasteiger partial charge is 0.362 e. The summed E-state index contributed by atoms with van der Waals surface area (Å²) in [6.45, 7) is 13.5. The molecule has 0 heterocycles. The van der Waals surface area contributed by atoms with Gasteiger partial charge in [0.25, 0.3) is 0 Å². The van der Waals surface area contributed by atoms with Gasteiger partial charge in [-0.05, 0) is 38.6 Å². The third kappa shape index (κ3) is 4.56. The van der Waals surface area contributed by atoms with Crippen LogP contribution < -0.4 is 5.32 Å². The lowest BCUT2D eigenvalue weighted by Gasteiger charge is -2.04. The Labute approximate surface area is 75.2 Å². The highest BCUT2D eigenvalue weighted by Gasteiger charge is 1.91. The predicted octanol–water partition coefficient (Wildman–Crippen LogP) is 3.15. The molecule has 0 aromatic rings. The molecule has 1 heteroatoms. The van der Waals surface area contributed by atoms with Crippen molar-refractivity contribution in [3.8, 4) is 0 Å². The van der Waals surface area contributed by atoms with Crippen molar-refractivity contribution < 1.29 is 0 Å². The van der Waals surface area contributed by atoms with Crippen molar-refractivity contribution in [3.05, 3.63) is 48.4 Å². The number of allylic oxidation sites excluding steroid dienone is 4. The summed E-state index contributed by atoms with van der Waals surface area (Å²) in [5.41, 5.74) is 3.28. The van der Waals surface area contributed by atoms with Crippen LogP contribution in [-0.2, 0) is 0 Å². The minimum Gasteiger partial charge on any atom is -0.362 e. The number of rotatable bonds is 4. The van der Waals surface area contributed by atoms with Crippen LogP contribution in [0.5, 0.6) is 0 Å². The maximum atomic E-state index is 3.84. The second-order valence-electron chi connectivity index (χ2n) is 2.95. The molecule has 0 amide bonds. The highest BCUT2D eigenvalue weighted by Crippen LogP contribution is 2.03. The summed E-state index contributed by atoms with van der Waals surface area (Å²) in [4.78, 5) is 0. The van der Waals surface area contributed by atoms with Gasteiger partial charge >= 0.3 is 0 Å². The molecule has 0 aromatic carbocycles. The highest BCUT2D eigenvalue weighted by molar-refractivity contribution is 5.30. The second kappa shape index (κ2) is 5.42. The molecule has 66 valence electrons. The predicted molar refractivity (Wildman–Crippen MR) is 55.7 cm³/mol. The smallest absolute Gasteiger partial charge is 0.0403 e. The van der Waals surface area contributed by atoms with E-state index in [1.165, 1.54) is 5.57 Å². The van der Waals surface area contributed by atoms with Crippen molar-refractivity contribution in [2.75, 3.05) is 0 Å². The zero-order valence-corrected chi connectivity index (χ0v) is 8.15. The van der Waals surface area contributed by atoms with Crippen LogP contribution in [0.15, 0.2) is 48.4 Å². The van der Waals surface area contributed by atoms with Gasteiger partial charge in [0.1, 0.15) is 0 Å². The Morgan fingerprint density at radius 2 is 1.75 bits per heavy atom.